The monoisotopic (exact) mass is 155 g/mol. The second-order valence-corrected chi connectivity index (χ2v) is 1.98. The lowest BCUT2D eigenvalue weighted by molar-refractivity contribution is 0.233. The number of nitrogens with zero attached hydrogens (tertiary/aromatic N) is 3. The summed E-state index contributed by atoms with van der Waals surface area (Å²) in [5.74, 6) is -0.0574. The van der Waals surface area contributed by atoms with E-state index in [-0.39, 0.29) is 5.96 Å². The van der Waals surface area contributed by atoms with Crippen LogP contribution in [0.3, 0.4) is 0 Å². The molecule has 0 radical (unpaired) electrons. The van der Waals surface area contributed by atoms with E-state index in [1.54, 1.807) is 23.4 Å². The molecule has 1 aromatic heterocycles. The number of nitrogens with two attached hydrogens (primary N) is 1. The zero-order chi connectivity index (χ0) is 8.27. The fraction of sp³-hybridized carbons (Fsp3) is 0.200. The predicted octanol–water partition coefficient (Wildman–Crippen LogP) is -0.655. The molecule has 11 heavy (non-hydrogen) atoms. The SMILES string of the molecule is Cn1cc(N=C(N)NO)cn1. The lowest BCUT2D eigenvalue weighted by Crippen LogP contribution is -2.27. The summed E-state index contributed by atoms with van der Waals surface area (Å²) in [5.41, 5.74) is 7.47. The molecule has 0 amide bonds. The van der Waals surface area contributed by atoms with E-state index in [9.17, 15) is 0 Å². The molecule has 0 aliphatic heterocycles. The highest BCUT2D eigenvalue weighted by Gasteiger charge is 1.92. The Morgan fingerprint density at radius 3 is 3.09 bits per heavy atom. The Morgan fingerprint density at radius 2 is 2.64 bits per heavy atom. The van der Waals surface area contributed by atoms with Gasteiger partial charge in [0.1, 0.15) is 5.69 Å². The van der Waals surface area contributed by atoms with Gasteiger partial charge in [0.25, 0.3) is 0 Å². The van der Waals surface area contributed by atoms with E-state index in [2.05, 4.69) is 10.1 Å². The zero-order valence-corrected chi connectivity index (χ0v) is 6.02. The zero-order valence-electron chi connectivity index (χ0n) is 6.02. The predicted molar refractivity (Wildman–Crippen MR) is 39.4 cm³/mol. The third-order valence-corrected chi connectivity index (χ3v) is 1.06. The van der Waals surface area contributed by atoms with Crippen LogP contribution >= 0.6 is 0 Å². The Balaban J connectivity index is 2.78. The molecule has 6 heteroatoms. The summed E-state index contributed by atoms with van der Waals surface area (Å²) in [7, 11) is 1.77. The number of nitrogens with one attached hydrogen (secondary N) is 1. The Labute approximate surface area is 63.3 Å². The number of guanidine groups is 1. The van der Waals surface area contributed by atoms with E-state index in [1.165, 1.54) is 6.20 Å². The molecule has 60 valence electrons. The molecule has 0 saturated heterocycles. The van der Waals surface area contributed by atoms with E-state index in [1.807, 2.05) is 0 Å². The van der Waals surface area contributed by atoms with Crippen molar-refractivity contribution in [2.45, 2.75) is 0 Å². The maximum absolute atomic E-state index is 8.27. The Kier molecular flexibility index (Phi) is 2.07. The molecular weight excluding hydrogens is 146 g/mol. The van der Waals surface area contributed by atoms with Crippen LogP contribution < -0.4 is 11.2 Å². The summed E-state index contributed by atoms with van der Waals surface area (Å²) in [6.45, 7) is 0. The highest BCUT2D eigenvalue weighted by molar-refractivity contribution is 5.79. The van der Waals surface area contributed by atoms with Crippen molar-refractivity contribution in [3.05, 3.63) is 12.4 Å². The largest absolute Gasteiger partial charge is 0.368 e. The summed E-state index contributed by atoms with van der Waals surface area (Å²) in [6, 6.07) is 0. The minimum atomic E-state index is -0.0574. The normalized spacial score (nSPS) is 11.6. The second-order valence-electron chi connectivity index (χ2n) is 1.98. The number of rotatable bonds is 1. The van der Waals surface area contributed by atoms with Gasteiger partial charge in [0.15, 0.2) is 0 Å². The number of hydroxylamine groups is 1. The topological polar surface area (TPSA) is 88.5 Å². The van der Waals surface area contributed by atoms with Gasteiger partial charge in [-0.1, -0.05) is 0 Å². The van der Waals surface area contributed by atoms with E-state index in [4.69, 9.17) is 10.9 Å². The Morgan fingerprint density at radius 1 is 1.91 bits per heavy atom. The average molecular weight is 155 g/mol. The van der Waals surface area contributed by atoms with Crippen LogP contribution in [0.4, 0.5) is 5.69 Å². The number of hydrogen-bond donors (Lipinski definition) is 3. The van der Waals surface area contributed by atoms with Gasteiger partial charge in [-0.05, 0) is 0 Å². The first kappa shape index (κ1) is 7.55. The van der Waals surface area contributed by atoms with Crippen LogP contribution in [0, 0.1) is 0 Å². The quantitative estimate of drug-likeness (QED) is 0.285. The molecule has 6 nitrogen and oxygen atoms in total. The van der Waals surface area contributed by atoms with Crippen molar-refractivity contribution < 1.29 is 5.21 Å². The van der Waals surface area contributed by atoms with Crippen molar-refractivity contribution in [1.29, 1.82) is 0 Å². The highest BCUT2D eigenvalue weighted by atomic mass is 16.5. The highest BCUT2D eigenvalue weighted by Crippen LogP contribution is 2.06. The van der Waals surface area contributed by atoms with Gasteiger partial charge in [-0.3, -0.25) is 9.89 Å². The van der Waals surface area contributed by atoms with Gasteiger partial charge >= 0.3 is 0 Å². The minimum Gasteiger partial charge on any atom is -0.368 e. The van der Waals surface area contributed by atoms with Crippen LogP contribution in [-0.4, -0.2) is 20.9 Å². The molecule has 1 rings (SSSR count). The first-order valence-corrected chi connectivity index (χ1v) is 2.95. The summed E-state index contributed by atoms with van der Waals surface area (Å²) in [6.07, 6.45) is 3.20. The lowest BCUT2D eigenvalue weighted by Gasteiger charge is -1.92. The van der Waals surface area contributed by atoms with Gasteiger partial charge in [0.2, 0.25) is 5.96 Å². The molecule has 0 bridgehead atoms. The van der Waals surface area contributed by atoms with Crippen LogP contribution in [-0.2, 0) is 7.05 Å². The molecule has 0 spiro atoms. The molecule has 0 fully saturated rings. The molecular formula is C5H9N5O. The fourth-order valence-corrected chi connectivity index (χ4v) is 0.630. The van der Waals surface area contributed by atoms with Crippen molar-refractivity contribution >= 4 is 11.6 Å². The minimum absolute atomic E-state index is 0.0574. The van der Waals surface area contributed by atoms with Crippen molar-refractivity contribution in [1.82, 2.24) is 15.3 Å². The number of aliphatic imine (C=N–C) groups is 1. The van der Waals surface area contributed by atoms with Gasteiger partial charge in [-0.2, -0.15) is 5.10 Å². The van der Waals surface area contributed by atoms with Crippen LogP contribution in [0.15, 0.2) is 17.4 Å². The van der Waals surface area contributed by atoms with E-state index in [0.29, 0.717) is 5.69 Å². The van der Waals surface area contributed by atoms with E-state index >= 15 is 0 Å². The summed E-state index contributed by atoms with van der Waals surface area (Å²) >= 11 is 0. The van der Waals surface area contributed by atoms with Crippen molar-refractivity contribution in [2.24, 2.45) is 17.8 Å². The smallest absolute Gasteiger partial charge is 0.218 e. The third kappa shape index (κ3) is 1.94. The van der Waals surface area contributed by atoms with Gasteiger partial charge in [0, 0.05) is 7.05 Å². The fourth-order valence-electron chi connectivity index (χ4n) is 0.630. The maximum Gasteiger partial charge on any atom is 0.218 e. The number of aromatic nitrogens is 2. The average Bonchev–Trinajstić information content (AvgIpc) is 2.35. The van der Waals surface area contributed by atoms with Gasteiger partial charge in [0.05, 0.1) is 12.4 Å². The summed E-state index contributed by atoms with van der Waals surface area (Å²) in [4.78, 5) is 3.75. The second kappa shape index (κ2) is 3.02. The number of hydrogen-bond acceptors (Lipinski definition) is 3. The van der Waals surface area contributed by atoms with Gasteiger partial charge in [-0.25, -0.2) is 10.5 Å². The first-order chi connectivity index (χ1) is 5.22. The molecule has 1 aromatic rings. The van der Waals surface area contributed by atoms with Crippen molar-refractivity contribution in [3.63, 3.8) is 0 Å². The van der Waals surface area contributed by atoms with E-state index < -0.39 is 0 Å². The summed E-state index contributed by atoms with van der Waals surface area (Å²) < 4.78 is 1.59. The van der Waals surface area contributed by atoms with Crippen LogP contribution in [0.25, 0.3) is 0 Å². The molecule has 0 aliphatic carbocycles. The van der Waals surface area contributed by atoms with Crippen LogP contribution in [0.5, 0.6) is 0 Å². The van der Waals surface area contributed by atoms with E-state index in [0.717, 1.165) is 0 Å². The lowest BCUT2D eigenvalue weighted by atomic mass is 10.6. The number of aryl methyl sites for hydroxylation is 1. The molecule has 0 atom stereocenters. The maximum atomic E-state index is 8.27. The van der Waals surface area contributed by atoms with Crippen LogP contribution in [0.2, 0.25) is 0 Å². The van der Waals surface area contributed by atoms with Crippen molar-refractivity contribution in [2.75, 3.05) is 0 Å². The standard InChI is InChI=1S/C5H9N5O/c1-10-3-4(2-7-10)8-5(6)9-11/h2-3,11H,1H3,(H3,6,8,9). The van der Waals surface area contributed by atoms with Crippen LogP contribution in [0.1, 0.15) is 0 Å². The summed E-state index contributed by atoms with van der Waals surface area (Å²) in [5, 5.41) is 12.1. The Bertz CT molecular complexity index is 266. The molecule has 0 unspecified atom stereocenters. The third-order valence-electron chi connectivity index (χ3n) is 1.06. The van der Waals surface area contributed by atoms with Gasteiger partial charge < -0.3 is 5.73 Å². The first-order valence-electron chi connectivity index (χ1n) is 2.95. The molecule has 4 N–H and O–H groups in total. The molecule has 0 aliphatic rings. The van der Waals surface area contributed by atoms with Gasteiger partial charge in [-0.15, -0.1) is 0 Å². The molecule has 1 heterocycles. The molecule has 0 saturated carbocycles. The molecule has 0 aromatic carbocycles. The Hall–Kier alpha value is -1.56. The van der Waals surface area contributed by atoms with Crippen molar-refractivity contribution in [3.8, 4) is 0 Å².